The number of hydrogen-bond acceptors (Lipinski definition) is 2. The molecule has 0 amide bonds. The number of fused-ring (bicyclic) bond motifs is 1. The molecule has 0 fully saturated rings. The van der Waals surface area contributed by atoms with E-state index in [-0.39, 0.29) is 17.0 Å². The second-order valence-corrected chi connectivity index (χ2v) is 6.25. The molecule has 0 saturated heterocycles. The minimum atomic E-state index is 0. The molecule has 0 spiro atoms. The van der Waals surface area contributed by atoms with Crippen molar-refractivity contribution in [2.75, 3.05) is 0 Å². The molecule has 110 valence electrons. The summed E-state index contributed by atoms with van der Waals surface area (Å²) in [5, 5.41) is 2.34. The van der Waals surface area contributed by atoms with Gasteiger partial charge in [0, 0.05) is 22.8 Å². The van der Waals surface area contributed by atoms with Crippen molar-refractivity contribution in [2.24, 2.45) is 7.05 Å². The Labute approximate surface area is 148 Å². The number of benzene rings is 2. The lowest BCUT2D eigenvalue weighted by Gasteiger charge is -2.05. The summed E-state index contributed by atoms with van der Waals surface area (Å²) in [7, 11) is 2.03. The van der Waals surface area contributed by atoms with Crippen LogP contribution in [0.4, 0.5) is 0 Å². The third-order valence-corrected chi connectivity index (χ3v) is 4.78. The van der Waals surface area contributed by atoms with E-state index in [1.54, 1.807) is 17.8 Å². The molecule has 21 heavy (non-hydrogen) atoms. The molecule has 1 aromatic heterocycles. The van der Waals surface area contributed by atoms with Gasteiger partial charge in [-0.15, -0.1) is 17.0 Å². The van der Waals surface area contributed by atoms with Gasteiger partial charge < -0.3 is 4.57 Å². The lowest BCUT2D eigenvalue weighted by molar-refractivity contribution is 0.815. The van der Waals surface area contributed by atoms with Crippen LogP contribution in [0.15, 0.2) is 47.6 Å². The van der Waals surface area contributed by atoms with Crippen molar-refractivity contribution in [2.45, 2.75) is 10.9 Å². The van der Waals surface area contributed by atoms with Gasteiger partial charge in [0.05, 0.1) is 11.0 Å². The van der Waals surface area contributed by atoms with Gasteiger partial charge in [0.25, 0.3) is 0 Å². The molecule has 0 aliphatic rings. The summed E-state index contributed by atoms with van der Waals surface area (Å²) in [6, 6.07) is 13.7. The van der Waals surface area contributed by atoms with Gasteiger partial charge in [0.2, 0.25) is 0 Å². The van der Waals surface area contributed by atoms with Gasteiger partial charge in [-0.1, -0.05) is 53.2 Å². The number of para-hydroxylation sites is 2. The van der Waals surface area contributed by atoms with E-state index in [1.165, 1.54) is 0 Å². The van der Waals surface area contributed by atoms with Gasteiger partial charge in [0.1, 0.15) is 0 Å². The first kappa shape index (κ1) is 16.7. The van der Waals surface area contributed by atoms with Crippen molar-refractivity contribution in [3.63, 3.8) is 0 Å². The Balaban J connectivity index is 0.00000161. The monoisotopic (exact) mass is 402 g/mol. The molecule has 0 saturated carbocycles. The summed E-state index contributed by atoms with van der Waals surface area (Å²) in [5.74, 6) is 0.771. The van der Waals surface area contributed by atoms with Crippen molar-refractivity contribution in [1.29, 1.82) is 0 Å². The smallest absolute Gasteiger partial charge is 0.169 e. The fourth-order valence-electron chi connectivity index (χ4n) is 2.03. The molecule has 1 heterocycles. The molecular formula is C15H13BrCl2N2S. The van der Waals surface area contributed by atoms with E-state index >= 15 is 0 Å². The molecule has 6 heteroatoms. The lowest BCUT2D eigenvalue weighted by Crippen LogP contribution is -1.91. The zero-order valence-electron chi connectivity index (χ0n) is 11.2. The fraction of sp³-hybridized carbons (Fsp3) is 0.133. The van der Waals surface area contributed by atoms with Gasteiger partial charge in [-0.3, -0.25) is 0 Å². The van der Waals surface area contributed by atoms with Gasteiger partial charge in [-0.2, -0.15) is 0 Å². The average Bonchev–Trinajstić information content (AvgIpc) is 2.75. The zero-order valence-corrected chi connectivity index (χ0v) is 15.3. The molecule has 2 nitrogen and oxygen atoms in total. The Morgan fingerprint density at radius 3 is 2.62 bits per heavy atom. The Bertz CT molecular complexity index is 773. The highest BCUT2D eigenvalue weighted by molar-refractivity contribution is 8.93. The van der Waals surface area contributed by atoms with Crippen LogP contribution in [0.1, 0.15) is 5.56 Å². The molecule has 0 aliphatic carbocycles. The summed E-state index contributed by atoms with van der Waals surface area (Å²) in [6.07, 6.45) is 0. The van der Waals surface area contributed by atoms with E-state index in [0.717, 1.165) is 27.5 Å². The molecule has 0 atom stereocenters. The van der Waals surface area contributed by atoms with Gasteiger partial charge >= 0.3 is 0 Å². The summed E-state index contributed by atoms with van der Waals surface area (Å²) in [6.45, 7) is 0. The molecule has 2 aromatic carbocycles. The third kappa shape index (κ3) is 3.57. The maximum atomic E-state index is 6.19. The quantitative estimate of drug-likeness (QED) is 0.518. The highest BCUT2D eigenvalue weighted by atomic mass is 79.9. The number of aromatic nitrogens is 2. The number of imidazole rings is 1. The van der Waals surface area contributed by atoms with E-state index in [9.17, 15) is 0 Å². The molecule has 0 radical (unpaired) electrons. The van der Waals surface area contributed by atoms with Gasteiger partial charge in [-0.25, -0.2) is 4.98 Å². The molecule has 0 unspecified atom stereocenters. The Hall–Kier alpha value is -0.680. The highest BCUT2D eigenvalue weighted by Gasteiger charge is 2.09. The summed E-state index contributed by atoms with van der Waals surface area (Å²) >= 11 is 13.8. The largest absolute Gasteiger partial charge is 0.322 e. The number of hydrogen-bond donors (Lipinski definition) is 0. The average molecular weight is 404 g/mol. The molecular weight excluding hydrogens is 391 g/mol. The van der Waals surface area contributed by atoms with Crippen LogP contribution in [0, 0.1) is 0 Å². The highest BCUT2D eigenvalue weighted by Crippen LogP contribution is 2.29. The molecule has 0 N–H and O–H groups in total. The maximum Gasteiger partial charge on any atom is 0.169 e. The zero-order chi connectivity index (χ0) is 14.1. The second kappa shape index (κ2) is 7.05. The Morgan fingerprint density at radius 2 is 1.90 bits per heavy atom. The van der Waals surface area contributed by atoms with Crippen molar-refractivity contribution in [3.05, 3.63) is 58.1 Å². The number of rotatable bonds is 3. The minimum absolute atomic E-state index is 0. The SMILES string of the molecule is Br.Cn1c(SCc2ccc(Cl)cc2Cl)nc2ccccc21. The number of halogens is 3. The van der Waals surface area contributed by atoms with Crippen LogP contribution in [0.25, 0.3) is 11.0 Å². The van der Waals surface area contributed by atoms with E-state index in [0.29, 0.717) is 10.0 Å². The minimum Gasteiger partial charge on any atom is -0.322 e. The van der Waals surface area contributed by atoms with E-state index < -0.39 is 0 Å². The van der Waals surface area contributed by atoms with Crippen LogP contribution >= 0.6 is 51.9 Å². The predicted molar refractivity (Wildman–Crippen MR) is 97.1 cm³/mol. The maximum absolute atomic E-state index is 6.19. The van der Waals surface area contributed by atoms with Gasteiger partial charge in [0.15, 0.2) is 5.16 Å². The summed E-state index contributed by atoms with van der Waals surface area (Å²) in [4.78, 5) is 4.63. The van der Waals surface area contributed by atoms with Crippen LogP contribution < -0.4 is 0 Å². The standard InChI is InChI=1S/C15H12Cl2N2S.BrH/c1-19-14-5-3-2-4-13(14)18-15(19)20-9-10-6-7-11(16)8-12(10)17;/h2-8H,9H2,1H3;1H. The molecule has 0 aliphatic heterocycles. The van der Waals surface area contributed by atoms with Crippen LogP contribution in [-0.2, 0) is 12.8 Å². The normalized spacial score (nSPS) is 10.6. The Kier molecular flexibility index (Phi) is 5.60. The topological polar surface area (TPSA) is 17.8 Å². The first-order chi connectivity index (χ1) is 9.65. The van der Waals surface area contributed by atoms with Gasteiger partial charge in [-0.05, 0) is 29.8 Å². The lowest BCUT2D eigenvalue weighted by atomic mass is 10.2. The van der Waals surface area contributed by atoms with E-state index in [1.807, 2.05) is 37.4 Å². The van der Waals surface area contributed by atoms with Crippen molar-refractivity contribution in [1.82, 2.24) is 9.55 Å². The number of aryl methyl sites for hydroxylation is 1. The number of nitrogens with zero attached hydrogens (tertiary/aromatic N) is 2. The first-order valence-electron chi connectivity index (χ1n) is 6.13. The predicted octanol–water partition coefficient (Wildman–Crippen LogP) is 5.75. The summed E-state index contributed by atoms with van der Waals surface area (Å²) in [5.41, 5.74) is 3.21. The van der Waals surface area contributed by atoms with E-state index in [2.05, 4.69) is 15.6 Å². The van der Waals surface area contributed by atoms with Crippen LogP contribution in [0.3, 0.4) is 0 Å². The molecule has 3 aromatic rings. The van der Waals surface area contributed by atoms with Crippen LogP contribution in [0.2, 0.25) is 10.0 Å². The van der Waals surface area contributed by atoms with Crippen molar-refractivity contribution < 1.29 is 0 Å². The molecule has 0 bridgehead atoms. The second-order valence-electron chi connectivity index (χ2n) is 4.47. The van der Waals surface area contributed by atoms with Crippen molar-refractivity contribution >= 4 is 63.0 Å². The molecule has 3 rings (SSSR count). The summed E-state index contributed by atoms with van der Waals surface area (Å²) < 4.78 is 2.10. The first-order valence-corrected chi connectivity index (χ1v) is 7.87. The fourth-order valence-corrected chi connectivity index (χ4v) is 3.58. The van der Waals surface area contributed by atoms with Crippen molar-refractivity contribution in [3.8, 4) is 0 Å². The third-order valence-electron chi connectivity index (χ3n) is 3.12. The Morgan fingerprint density at radius 1 is 1.14 bits per heavy atom. The van der Waals surface area contributed by atoms with Crippen LogP contribution in [-0.4, -0.2) is 9.55 Å². The van der Waals surface area contributed by atoms with E-state index in [4.69, 9.17) is 23.2 Å². The van der Waals surface area contributed by atoms with Crippen LogP contribution in [0.5, 0.6) is 0 Å². The number of thioether (sulfide) groups is 1.